The summed E-state index contributed by atoms with van der Waals surface area (Å²) in [5, 5.41) is 0. The van der Waals surface area contributed by atoms with Crippen molar-refractivity contribution in [3.63, 3.8) is 0 Å². The van der Waals surface area contributed by atoms with Gasteiger partial charge in [0.05, 0.1) is 6.61 Å². The lowest BCUT2D eigenvalue weighted by molar-refractivity contribution is 0.307. The Morgan fingerprint density at radius 2 is 1.55 bits per heavy atom. The monoisotopic (exact) mass is 276 g/mol. The van der Waals surface area contributed by atoms with E-state index in [-0.39, 0.29) is 0 Å². The summed E-state index contributed by atoms with van der Waals surface area (Å²) in [5.41, 5.74) is 2.69. The molecule has 0 radical (unpaired) electrons. The molecule has 0 amide bonds. The van der Waals surface area contributed by atoms with Crippen molar-refractivity contribution in [2.45, 2.75) is 78.6 Å². The lowest BCUT2D eigenvalue weighted by Gasteiger charge is -2.11. The van der Waals surface area contributed by atoms with Crippen LogP contribution in [0.25, 0.3) is 0 Å². The average Bonchev–Trinajstić information content (AvgIpc) is 2.46. The van der Waals surface area contributed by atoms with Crippen molar-refractivity contribution in [2.24, 2.45) is 0 Å². The van der Waals surface area contributed by atoms with Crippen molar-refractivity contribution in [1.82, 2.24) is 0 Å². The second kappa shape index (κ2) is 10.8. The number of ether oxygens (including phenoxy) is 1. The van der Waals surface area contributed by atoms with E-state index in [1.807, 2.05) is 0 Å². The molecule has 0 saturated heterocycles. The van der Waals surface area contributed by atoms with E-state index in [9.17, 15) is 0 Å². The smallest absolute Gasteiger partial charge is 0.122 e. The molecule has 0 fully saturated rings. The van der Waals surface area contributed by atoms with E-state index in [0.717, 1.165) is 18.8 Å². The molecule has 1 aromatic rings. The molecule has 0 aromatic heterocycles. The molecule has 1 nitrogen and oxygen atoms in total. The molecule has 0 bridgehead atoms. The van der Waals surface area contributed by atoms with Crippen molar-refractivity contribution < 1.29 is 4.74 Å². The molecular formula is C19H32O. The molecule has 1 heteroatoms. The molecule has 0 aliphatic heterocycles. The number of hydrogen-bond donors (Lipinski definition) is 0. The number of rotatable bonds is 11. The fourth-order valence-electron chi connectivity index (χ4n) is 2.39. The topological polar surface area (TPSA) is 9.23 Å². The molecule has 1 aromatic carbocycles. The lowest BCUT2D eigenvalue weighted by atomic mass is 10.0. The average molecular weight is 276 g/mol. The summed E-state index contributed by atoms with van der Waals surface area (Å²) in [4.78, 5) is 0. The van der Waals surface area contributed by atoms with Crippen LogP contribution in [-0.4, -0.2) is 6.61 Å². The van der Waals surface area contributed by atoms with Gasteiger partial charge in [0.15, 0.2) is 0 Å². The molecular weight excluding hydrogens is 244 g/mol. The van der Waals surface area contributed by atoms with Crippen molar-refractivity contribution >= 4 is 0 Å². The first kappa shape index (κ1) is 17.1. The summed E-state index contributed by atoms with van der Waals surface area (Å²) in [7, 11) is 0. The van der Waals surface area contributed by atoms with Gasteiger partial charge >= 0.3 is 0 Å². The summed E-state index contributed by atoms with van der Waals surface area (Å²) >= 11 is 0. The van der Waals surface area contributed by atoms with Gasteiger partial charge in [-0.2, -0.15) is 0 Å². The maximum Gasteiger partial charge on any atom is 0.122 e. The number of benzene rings is 1. The van der Waals surface area contributed by atoms with Gasteiger partial charge in [0.2, 0.25) is 0 Å². The van der Waals surface area contributed by atoms with E-state index < -0.39 is 0 Å². The van der Waals surface area contributed by atoms with E-state index in [1.165, 1.54) is 62.5 Å². The molecule has 1 rings (SSSR count). The normalized spacial score (nSPS) is 10.8. The quantitative estimate of drug-likeness (QED) is 0.445. The first-order valence-electron chi connectivity index (χ1n) is 8.50. The molecule has 20 heavy (non-hydrogen) atoms. The second-order valence-electron chi connectivity index (χ2n) is 5.82. The summed E-state index contributed by atoms with van der Waals surface area (Å²) < 4.78 is 5.88. The van der Waals surface area contributed by atoms with Crippen LogP contribution in [0.1, 0.15) is 76.3 Å². The Kier molecular flexibility index (Phi) is 9.19. The van der Waals surface area contributed by atoms with Crippen LogP contribution in [0.15, 0.2) is 18.2 Å². The standard InChI is InChI=1S/C19H32O/c1-4-6-8-9-10-11-12-18-14-13-17(3)19(16-18)20-15-7-5-2/h13-14,16H,4-12,15H2,1-3H3. The molecule has 0 heterocycles. The highest BCUT2D eigenvalue weighted by molar-refractivity contribution is 5.36. The number of hydrogen-bond acceptors (Lipinski definition) is 1. The molecule has 0 N–H and O–H groups in total. The molecule has 114 valence electrons. The Morgan fingerprint density at radius 1 is 0.850 bits per heavy atom. The molecule has 0 aliphatic rings. The van der Waals surface area contributed by atoms with Crippen LogP contribution in [0.3, 0.4) is 0 Å². The highest BCUT2D eigenvalue weighted by atomic mass is 16.5. The van der Waals surface area contributed by atoms with Crippen LogP contribution in [0.2, 0.25) is 0 Å². The van der Waals surface area contributed by atoms with Gasteiger partial charge in [0.25, 0.3) is 0 Å². The highest BCUT2D eigenvalue weighted by Gasteiger charge is 2.02. The Morgan fingerprint density at radius 3 is 2.30 bits per heavy atom. The van der Waals surface area contributed by atoms with Crippen LogP contribution in [0, 0.1) is 6.92 Å². The summed E-state index contributed by atoms with van der Waals surface area (Å²) in [6.07, 6.45) is 11.7. The van der Waals surface area contributed by atoms with Gasteiger partial charge in [-0.05, 0) is 43.4 Å². The van der Waals surface area contributed by atoms with Crippen LogP contribution >= 0.6 is 0 Å². The largest absolute Gasteiger partial charge is 0.493 e. The maximum absolute atomic E-state index is 5.88. The summed E-state index contributed by atoms with van der Waals surface area (Å²) in [5.74, 6) is 1.09. The van der Waals surface area contributed by atoms with E-state index in [2.05, 4.69) is 39.0 Å². The minimum atomic E-state index is 0.845. The predicted octanol–water partition coefficient (Wildman–Crippen LogP) is 6.08. The van der Waals surface area contributed by atoms with E-state index in [4.69, 9.17) is 4.74 Å². The Hall–Kier alpha value is -0.980. The minimum Gasteiger partial charge on any atom is -0.493 e. The predicted molar refractivity (Wildman–Crippen MR) is 88.7 cm³/mol. The molecule has 0 unspecified atom stereocenters. The third-order valence-corrected chi connectivity index (χ3v) is 3.83. The fraction of sp³-hybridized carbons (Fsp3) is 0.684. The number of unbranched alkanes of at least 4 members (excludes halogenated alkanes) is 6. The van der Waals surface area contributed by atoms with E-state index in [0.29, 0.717) is 0 Å². The van der Waals surface area contributed by atoms with Gasteiger partial charge in [-0.3, -0.25) is 0 Å². The van der Waals surface area contributed by atoms with Crippen molar-refractivity contribution in [2.75, 3.05) is 6.61 Å². The Balaban J connectivity index is 2.32. The second-order valence-corrected chi connectivity index (χ2v) is 5.82. The van der Waals surface area contributed by atoms with Crippen LogP contribution < -0.4 is 4.74 Å². The third kappa shape index (κ3) is 6.98. The van der Waals surface area contributed by atoms with Gasteiger partial charge in [0.1, 0.15) is 5.75 Å². The zero-order valence-corrected chi connectivity index (χ0v) is 13.7. The minimum absolute atomic E-state index is 0.845. The number of aryl methyl sites for hydroxylation is 2. The first-order valence-corrected chi connectivity index (χ1v) is 8.50. The zero-order valence-electron chi connectivity index (χ0n) is 13.7. The van der Waals surface area contributed by atoms with Gasteiger partial charge < -0.3 is 4.74 Å². The van der Waals surface area contributed by atoms with Gasteiger partial charge in [-0.25, -0.2) is 0 Å². The SMILES string of the molecule is CCCCCCCCc1ccc(C)c(OCCCC)c1. The molecule has 0 saturated carbocycles. The lowest BCUT2D eigenvalue weighted by Crippen LogP contribution is -1.99. The van der Waals surface area contributed by atoms with Crippen molar-refractivity contribution in [3.8, 4) is 5.75 Å². The summed E-state index contributed by atoms with van der Waals surface area (Å²) in [6, 6.07) is 6.71. The van der Waals surface area contributed by atoms with Gasteiger partial charge in [-0.15, -0.1) is 0 Å². The first-order chi connectivity index (χ1) is 9.77. The fourth-order valence-corrected chi connectivity index (χ4v) is 2.39. The molecule has 0 aliphatic carbocycles. The Bertz CT molecular complexity index is 357. The highest BCUT2D eigenvalue weighted by Crippen LogP contribution is 2.21. The van der Waals surface area contributed by atoms with Gasteiger partial charge in [-0.1, -0.05) is 64.5 Å². The van der Waals surface area contributed by atoms with Gasteiger partial charge in [0, 0.05) is 0 Å². The van der Waals surface area contributed by atoms with E-state index in [1.54, 1.807) is 0 Å². The van der Waals surface area contributed by atoms with Crippen molar-refractivity contribution in [3.05, 3.63) is 29.3 Å². The zero-order chi connectivity index (χ0) is 14.6. The van der Waals surface area contributed by atoms with Crippen LogP contribution in [0.5, 0.6) is 5.75 Å². The summed E-state index contributed by atoms with van der Waals surface area (Å²) in [6.45, 7) is 7.45. The van der Waals surface area contributed by atoms with Crippen LogP contribution in [0.4, 0.5) is 0 Å². The van der Waals surface area contributed by atoms with Crippen molar-refractivity contribution in [1.29, 1.82) is 0 Å². The molecule has 0 spiro atoms. The third-order valence-electron chi connectivity index (χ3n) is 3.83. The Labute approximate surface area is 125 Å². The molecule has 0 atom stereocenters. The van der Waals surface area contributed by atoms with E-state index >= 15 is 0 Å². The maximum atomic E-state index is 5.88. The van der Waals surface area contributed by atoms with Crippen LogP contribution in [-0.2, 0) is 6.42 Å².